The first-order valence-corrected chi connectivity index (χ1v) is 9.93. The monoisotopic (exact) mass is 409 g/mol. The molecule has 1 fully saturated rings. The Morgan fingerprint density at radius 2 is 1.90 bits per heavy atom. The zero-order valence-electron chi connectivity index (χ0n) is 15.5. The normalized spacial score (nSPS) is 13.9. The highest BCUT2D eigenvalue weighted by Gasteiger charge is 2.18. The smallest absolute Gasteiger partial charge is 0.275 e. The number of rotatable bonds is 5. The maximum atomic E-state index is 12.7. The minimum atomic E-state index is -0.605. The molecule has 9 heteroatoms. The number of amides is 2. The Balaban J connectivity index is 1.54. The molecule has 3 aromatic rings. The first-order valence-electron chi connectivity index (χ1n) is 9.05. The summed E-state index contributed by atoms with van der Waals surface area (Å²) in [4.78, 5) is 35.1. The van der Waals surface area contributed by atoms with Gasteiger partial charge in [-0.25, -0.2) is 4.98 Å². The molecule has 29 heavy (non-hydrogen) atoms. The van der Waals surface area contributed by atoms with Gasteiger partial charge in [0.15, 0.2) is 0 Å². The number of ether oxygens (including phenoxy) is 1. The van der Waals surface area contributed by atoms with E-state index in [1.807, 2.05) is 18.2 Å². The van der Waals surface area contributed by atoms with Crippen molar-refractivity contribution in [2.75, 3.05) is 36.5 Å². The molecule has 4 rings (SSSR count). The minimum Gasteiger partial charge on any atom is -0.378 e. The van der Waals surface area contributed by atoms with Crippen molar-refractivity contribution in [2.24, 2.45) is 5.73 Å². The number of nitrogens with zero attached hydrogens (tertiary/aromatic N) is 3. The summed E-state index contributed by atoms with van der Waals surface area (Å²) in [7, 11) is 0. The number of hydrogen-bond donors (Lipinski definition) is 2. The summed E-state index contributed by atoms with van der Waals surface area (Å²) in [6.07, 6.45) is 3.34. The molecule has 3 N–H and O–H groups in total. The molecule has 0 atom stereocenters. The summed E-state index contributed by atoms with van der Waals surface area (Å²) in [6.45, 7) is 2.74. The fraction of sp³-hybridized carbons (Fsp3) is 0.200. The first-order chi connectivity index (χ1) is 14.1. The van der Waals surface area contributed by atoms with E-state index >= 15 is 0 Å². The molecule has 3 heterocycles. The van der Waals surface area contributed by atoms with Crippen LogP contribution in [0.3, 0.4) is 0 Å². The van der Waals surface area contributed by atoms with Gasteiger partial charge >= 0.3 is 0 Å². The molecule has 2 aromatic heterocycles. The van der Waals surface area contributed by atoms with Gasteiger partial charge < -0.3 is 20.7 Å². The zero-order chi connectivity index (χ0) is 20.2. The van der Waals surface area contributed by atoms with E-state index in [1.165, 1.54) is 11.3 Å². The van der Waals surface area contributed by atoms with Crippen LogP contribution in [0.5, 0.6) is 0 Å². The Hall–Kier alpha value is -3.30. The lowest BCUT2D eigenvalue weighted by Crippen LogP contribution is -2.36. The number of primary amides is 1. The van der Waals surface area contributed by atoms with Crippen molar-refractivity contribution in [1.29, 1.82) is 0 Å². The summed E-state index contributed by atoms with van der Waals surface area (Å²) >= 11 is 1.36. The van der Waals surface area contributed by atoms with Gasteiger partial charge in [0.1, 0.15) is 10.7 Å². The predicted molar refractivity (Wildman–Crippen MR) is 111 cm³/mol. The molecule has 0 radical (unpaired) electrons. The Morgan fingerprint density at radius 3 is 2.62 bits per heavy atom. The molecule has 0 bridgehead atoms. The van der Waals surface area contributed by atoms with E-state index in [1.54, 1.807) is 29.9 Å². The maximum Gasteiger partial charge on any atom is 0.275 e. The molecular formula is C20H19N5O3S. The van der Waals surface area contributed by atoms with E-state index in [-0.39, 0.29) is 11.3 Å². The second-order valence-corrected chi connectivity index (χ2v) is 7.28. The maximum absolute atomic E-state index is 12.7. The van der Waals surface area contributed by atoms with Gasteiger partial charge in [0.2, 0.25) is 0 Å². The molecule has 1 aromatic carbocycles. The highest BCUT2D eigenvalue weighted by atomic mass is 32.1. The van der Waals surface area contributed by atoms with Gasteiger partial charge in [-0.05, 0) is 30.3 Å². The Kier molecular flexibility index (Phi) is 5.50. The lowest BCUT2D eigenvalue weighted by atomic mass is 10.1. The van der Waals surface area contributed by atoms with Crippen LogP contribution in [0.4, 0.5) is 11.4 Å². The molecule has 2 amide bonds. The van der Waals surface area contributed by atoms with Gasteiger partial charge in [-0.3, -0.25) is 14.6 Å². The summed E-state index contributed by atoms with van der Waals surface area (Å²) in [5.41, 5.74) is 8.20. The number of morpholine rings is 1. The number of carbonyl (C=O) groups is 2. The number of hydrogen-bond acceptors (Lipinski definition) is 7. The number of anilines is 2. The molecule has 0 spiro atoms. The van der Waals surface area contributed by atoms with Crippen molar-refractivity contribution in [3.8, 4) is 10.6 Å². The number of carbonyl (C=O) groups excluding carboxylic acids is 2. The van der Waals surface area contributed by atoms with Crippen LogP contribution < -0.4 is 16.0 Å². The SMILES string of the molecule is NC(=O)c1cc(N2CCOCC2)ccc1NC(=O)c1csc(-c2ccncc2)n1. The molecule has 0 aliphatic carbocycles. The number of thiazole rings is 1. The van der Waals surface area contributed by atoms with Gasteiger partial charge in [0.05, 0.1) is 24.5 Å². The molecule has 1 aliphatic rings. The lowest BCUT2D eigenvalue weighted by molar-refractivity contribution is 0.100. The fourth-order valence-electron chi connectivity index (χ4n) is 3.05. The van der Waals surface area contributed by atoms with Crippen molar-refractivity contribution in [1.82, 2.24) is 9.97 Å². The summed E-state index contributed by atoms with van der Waals surface area (Å²) in [6, 6.07) is 8.91. The first kappa shape index (κ1) is 19.0. The Bertz CT molecular complexity index is 1030. The molecule has 8 nitrogen and oxygen atoms in total. The second-order valence-electron chi connectivity index (χ2n) is 6.42. The van der Waals surface area contributed by atoms with Crippen molar-refractivity contribution >= 4 is 34.5 Å². The van der Waals surface area contributed by atoms with E-state index in [0.717, 1.165) is 29.3 Å². The van der Waals surface area contributed by atoms with Crippen LogP contribution in [0.2, 0.25) is 0 Å². The van der Waals surface area contributed by atoms with Crippen LogP contribution in [0.25, 0.3) is 10.6 Å². The van der Waals surface area contributed by atoms with Crippen LogP contribution in [0.1, 0.15) is 20.8 Å². The average molecular weight is 409 g/mol. The third-order valence-electron chi connectivity index (χ3n) is 4.56. The summed E-state index contributed by atoms with van der Waals surface area (Å²) in [5.74, 6) is -1.01. The predicted octanol–water partition coefficient (Wildman–Crippen LogP) is 2.39. The van der Waals surface area contributed by atoms with Gasteiger partial charge in [0.25, 0.3) is 11.8 Å². The van der Waals surface area contributed by atoms with Gasteiger partial charge in [-0.1, -0.05) is 0 Å². The van der Waals surface area contributed by atoms with E-state index in [4.69, 9.17) is 10.5 Å². The average Bonchev–Trinajstić information content (AvgIpc) is 3.26. The minimum absolute atomic E-state index is 0.256. The van der Waals surface area contributed by atoms with Crippen molar-refractivity contribution in [3.05, 3.63) is 59.4 Å². The molecule has 0 unspecified atom stereocenters. The molecule has 148 valence electrons. The third-order valence-corrected chi connectivity index (χ3v) is 5.45. The summed E-state index contributed by atoms with van der Waals surface area (Å²) < 4.78 is 5.36. The van der Waals surface area contributed by atoms with Crippen molar-refractivity contribution in [2.45, 2.75) is 0 Å². The van der Waals surface area contributed by atoms with Crippen LogP contribution in [-0.4, -0.2) is 48.1 Å². The third kappa shape index (κ3) is 4.25. The molecule has 1 saturated heterocycles. The largest absolute Gasteiger partial charge is 0.378 e. The van der Waals surface area contributed by atoms with Crippen LogP contribution in [0, 0.1) is 0 Å². The highest BCUT2D eigenvalue weighted by Crippen LogP contribution is 2.26. The van der Waals surface area contributed by atoms with E-state index < -0.39 is 11.8 Å². The van der Waals surface area contributed by atoms with Crippen LogP contribution in [-0.2, 0) is 4.74 Å². The second kappa shape index (κ2) is 8.38. The summed E-state index contributed by atoms with van der Waals surface area (Å²) in [5, 5.41) is 5.15. The number of pyridine rings is 1. The van der Waals surface area contributed by atoms with Gasteiger partial charge in [-0.15, -0.1) is 11.3 Å². The highest BCUT2D eigenvalue weighted by molar-refractivity contribution is 7.13. The van der Waals surface area contributed by atoms with Gasteiger partial charge in [-0.2, -0.15) is 0 Å². The van der Waals surface area contributed by atoms with Crippen molar-refractivity contribution < 1.29 is 14.3 Å². The lowest BCUT2D eigenvalue weighted by Gasteiger charge is -2.29. The van der Waals surface area contributed by atoms with Crippen LogP contribution in [0.15, 0.2) is 48.1 Å². The molecular weight excluding hydrogens is 390 g/mol. The quantitative estimate of drug-likeness (QED) is 0.669. The number of nitrogens with one attached hydrogen (secondary N) is 1. The van der Waals surface area contributed by atoms with E-state index in [2.05, 4.69) is 20.2 Å². The zero-order valence-corrected chi connectivity index (χ0v) is 16.3. The number of aromatic nitrogens is 2. The van der Waals surface area contributed by atoms with E-state index in [0.29, 0.717) is 18.9 Å². The standard InChI is InChI=1S/C20H19N5O3S/c21-18(26)15-11-14(25-7-9-28-10-8-25)1-2-16(15)23-19(27)17-12-29-20(24-17)13-3-5-22-6-4-13/h1-6,11-12H,7-10H2,(H2,21,26)(H,23,27). The van der Waals surface area contributed by atoms with Gasteiger partial charge in [0, 0.05) is 42.1 Å². The fourth-order valence-corrected chi connectivity index (χ4v) is 3.86. The topological polar surface area (TPSA) is 110 Å². The van der Waals surface area contributed by atoms with Crippen LogP contribution >= 0.6 is 11.3 Å². The van der Waals surface area contributed by atoms with Crippen molar-refractivity contribution in [3.63, 3.8) is 0 Å². The molecule has 0 saturated carbocycles. The Morgan fingerprint density at radius 1 is 1.14 bits per heavy atom. The Labute approximate surface area is 171 Å². The number of benzene rings is 1. The van der Waals surface area contributed by atoms with E-state index in [9.17, 15) is 9.59 Å². The number of nitrogens with two attached hydrogens (primary N) is 1. The molecule has 1 aliphatic heterocycles.